The van der Waals surface area contributed by atoms with Gasteiger partial charge < -0.3 is 15.0 Å². The van der Waals surface area contributed by atoms with E-state index in [9.17, 15) is 9.59 Å². The summed E-state index contributed by atoms with van der Waals surface area (Å²) < 4.78 is 6.14. The van der Waals surface area contributed by atoms with Crippen LogP contribution in [0.5, 0.6) is 5.75 Å². The summed E-state index contributed by atoms with van der Waals surface area (Å²) in [5, 5.41) is 5.10. The van der Waals surface area contributed by atoms with E-state index in [1.807, 2.05) is 83.8 Å². The van der Waals surface area contributed by atoms with Crippen LogP contribution in [0, 0.1) is 0 Å². The van der Waals surface area contributed by atoms with E-state index in [0.29, 0.717) is 28.3 Å². The zero-order valence-electron chi connectivity index (χ0n) is 18.7. The Morgan fingerprint density at radius 3 is 2.60 bits per heavy atom. The van der Waals surface area contributed by atoms with E-state index in [-0.39, 0.29) is 18.2 Å². The highest BCUT2D eigenvalue weighted by Gasteiger charge is 2.35. The van der Waals surface area contributed by atoms with E-state index in [2.05, 4.69) is 10.3 Å². The van der Waals surface area contributed by atoms with E-state index in [1.54, 1.807) is 24.5 Å². The van der Waals surface area contributed by atoms with Gasteiger partial charge in [-0.2, -0.15) is 0 Å². The first kappa shape index (κ1) is 20.9. The number of amides is 1. The average molecular weight is 460 g/mol. The molecule has 0 bridgehead atoms. The van der Waals surface area contributed by atoms with Gasteiger partial charge in [-0.1, -0.05) is 48.5 Å². The number of carbonyl (C=O) groups excluding carboxylic acids is 2. The van der Waals surface area contributed by atoms with Crippen LogP contribution in [0.25, 0.3) is 10.8 Å². The number of ketones is 1. The molecule has 4 aromatic rings. The van der Waals surface area contributed by atoms with Crippen molar-refractivity contribution in [3.63, 3.8) is 0 Å². The van der Waals surface area contributed by atoms with Crippen LogP contribution < -0.4 is 15.0 Å². The minimum absolute atomic E-state index is 0.0757. The van der Waals surface area contributed by atoms with Gasteiger partial charge in [0.2, 0.25) is 0 Å². The summed E-state index contributed by atoms with van der Waals surface area (Å²) in [4.78, 5) is 32.5. The molecule has 6 heteroatoms. The molecule has 0 radical (unpaired) electrons. The van der Waals surface area contributed by atoms with Crippen molar-refractivity contribution in [3.8, 4) is 5.75 Å². The third-order valence-corrected chi connectivity index (χ3v) is 6.21. The van der Waals surface area contributed by atoms with Crippen molar-refractivity contribution in [2.24, 2.45) is 0 Å². The standard InChI is InChI=1S/C29H21N3O3/c33-28-23-9-3-4-10-25(23)35-26-16-22(32(18-24(26)28)27-11-5-6-14-30-27)17-31-29(34)21-13-12-19-7-1-2-8-20(19)15-21/h1-16,18,26H,17H2,(H,31,34). The Morgan fingerprint density at radius 1 is 0.943 bits per heavy atom. The number of benzene rings is 3. The fourth-order valence-electron chi connectivity index (χ4n) is 4.43. The van der Waals surface area contributed by atoms with E-state index in [1.165, 1.54) is 0 Å². The van der Waals surface area contributed by atoms with Crippen molar-refractivity contribution in [2.75, 3.05) is 11.4 Å². The number of pyridine rings is 1. The molecular weight excluding hydrogens is 438 g/mol. The highest BCUT2D eigenvalue weighted by Crippen LogP contribution is 2.35. The number of para-hydroxylation sites is 1. The smallest absolute Gasteiger partial charge is 0.251 e. The van der Waals surface area contributed by atoms with Crippen molar-refractivity contribution in [1.29, 1.82) is 0 Å². The summed E-state index contributed by atoms with van der Waals surface area (Å²) in [6.45, 7) is 0.238. The maximum atomic E-state index is 13.2. The Labute approximate surface area is 202 Å². The van der Waals surface area contributed by atoms with Gasteiger partial charge in [-0.05, 0) is 53.2 Å². The summed E-state index contributed by atoms with van der Waals surface area (Å²) in [7, 11) is 0. The molecule has 1 amide bonds. The molecule has 0 spiro atoms. The van der Waals surface area contributed by atoms with Crippen LogP contribution >= 0.6 is 0 Å². The monoisotopic (exact) mass is 459 g/mol. The first-order chi connectivity index (χ1) is 17.2. The van der Waals surface area contributed by atoms with Crippen LogP contribution in [-0.2, 0) is 0 Å². The summed E-state index contributed by atoms with van der Waals surface area (Å²) in [6, 6.07) is 26.4. The molecule has 35 heavy (non-hydrogen) atoms. The lowest BCUT2D eigenvalue weighted by Gasteiger charge is -2.34. The quantitative estimate of drug-likeness (QED) is 0.470. The van der Waals surface area contributed by atoms with Gasteiger partial charge in [0, 0.05) is 23.7 Å². The summed E-state index contributed by atoms with van der Waals surface area (Å²) >= 11 is 0. The molecule has 3 aromatic carbocycles. The Balaban J connectivity index is 1.30. The lowest BCUT2D eigenvalue weighted by molar-refractivity contribution is 0.0951. The Kier molecular flexibility index (Phi) is 5.11. The number of anilines is 1. The first-order valence-corrected chi connectivity index (χ1v) is 11.4. The maximum Gasteiger partial charge on any atom is 0.251 e. The number of carbonyl (C=O) groups is 2. The van der Waals surface area contributed by atoms with Gasteiger partial charge in [-0.25, -0.2) is 4.98 Å². The van der Waals surface area contributed by atoms with Gasteiger partial charge in [-0.3, -0.25) is 9.59 Å². The topological polar surface area (TPSA) is 71.5 Å². The van der Waals surface area contributed by atoms with Crippen molar-refractivity contribution >= 4 is 28.3 Å². The maximum absolute atomic E-state index is 13.2. The number of Topliss-reactive ketones (excluding diaryl/α,β-unsaturated/α-hetero) is 1. The van der Waals surface area contributed by atoms with E-state index >= 15 is 0 Å². The molecule has 6 rings (SSSR count). The predicted molar refractivity (Wildman–Crippen MR) is 134 cm³/mol. The second-order valence-corrected chi connectivity index (χ2v) is 8.41. The molecule has 2 aliphatic heterocycles. The molecule has 1 N–H and O–H groups in total. The number of nitrogens with zero attached hydrogens (tertiary/aromatic N) is 2. The number of hydrogen-bond acceptors (Lipinski definition) is 5. The fraction of sp³-hybridized carbons (Fsp3) is 0.0690. The van der Waals surface area contributed by atoms with Crippen molar-refractivity contribution in [2.45, 2.75) is 6.10 Å². The van der Waals surface area contributed by atoms with Crippen LogP contribution in [0.1, 0.15) is 20.7 Å². The lowest BCUT2D eigenvalue weighted by atomic mass is 9.93. The molecule has 1 atom stereocenters. The highest BCUT2D eigenvalue weighted by atomic mass is 16.5. The number of aromatic nitrogens is 1. The minimum Gasteiger partial charge on any atom is -0.481 e. The third kappa shape index (κ3) is 3.85. The molecule has 6 nitrogen and oxygen atoms in total. The normalized spacial score (nSPS) is 16.5. The molecule has 3 heterocycles. The molecule has 1 unspecified atom stereocenters. The molecule has 0 saturated heterocycles. The highest BCUT2D eigenvalue weighted by molar-refractivity contribution is 6.13. The number of fused-ring (bicyclic) bond motifs is 3. The van der Waals surface area contributed by atoms with Gasteiger partial charge >= 0.3 is 0 Å². The Bertz CT molecular complexity index is 1520. The molecule has 0 fully saturated rings. The van der Waals surface area contributed by atoms with Crippen LogP contribution in [0.4, 0.5) is 5.82 Å². The van der Waals surface area contributed by atoms with Gasteiger partial charge in [0.15, 0.2) is 5.78 Å². The van der Waals surface area contributed by atoms with Crippen LogP contribution in [0.3, 0.4) is 0 Å². The molecule has 170 valence electrons. The number of hydrogen-bond donors (Lipinski definition) is 1. The summed E-state index contributed by atoms with van der Waals surface area (Å²) in [6.07, 6.45) is 4.80. The second kappa shape index (κ2) is 8.57. The second-order valence-electron chi connectivity index (χ2n) is 8.41. The molecule has 2 aliphatic rings. The zero-order chi connectivity index (χ0) is 23.8. The van der Waals surface area contributed by atoms with E-state index in [4.69, 9.17) is 4.74 Å². The van der Waals surface area contributed by atoms with Crippen molar-refractivity contribution in [1.82, 2.24) is 10.3 Å². The Morgan fingerprint density at radius 2 is 1.74 bits per heavy atom. The number of ether oxygens (including phenoxy) is 1. The van der Waals surface area contributed by atoms with Crippen molar-refractivity contribution < 1.29 is 14.3 Å². The summed E-state index contributed by atoms with van der Waals surface area (Å²) in [5.41, 5.74) is 2.41. The number of nitrogens with one attached hydrogen (secondary N) is 1. The van der Waals surface area contributed by atoms with E-state index < -0.39 is 6.10 Å². The largest absolute Gasteiger partial charge is 0.481 e. The van der Waals surface area contributed by atoms with Crippen LogP contribution in [-0.4, -0.2) is 29.3 Å². The zero-order valence-corrected chi connectivity index (χ0v) is 18.7. The molecule has 0 aliphatic carbocycles. The average Bonchev–Trinajstić information content (AvgIpc) is 2.91. The van der Waals surface area contributed by atoms with Crippen LogP contribution in [0.2, 0.25) is 0 Å². The summed E-state index contributed by atoms with van der Waals surface area (Å²) in [5.74, 6) is 0.949. The van der Waals surface area contributed by atoms with E-state index in [0.717, 1.165) is 16.5 Å². The SMILES string of the molecule is O=C(NCC1=CC2Oc3ccccc3C(=O)C2=CN1c1ccccn1)c1ccc2ccccc2c1. The van der Waals surface area contributed by atoms with Crippen molar-refractivity contribution in [3.05, 3.63) is 126 Å². The Hall–Kier alpha value is -4.71. The third-order valence-electron chi connectivity index (χ3n) is 6.21. The molecular formula is C29H21N3O3. The molecule has 0 saturated carbocycles. The van der Waals surface area contributed by atoms with Gasteiger partial charge in [-0.15, -0.1) is 0 Å². The van der Waals surface area contributed by atoms with Crippen LogP contribution in [0.15, 0.2) is 115 Å². The molecule has 1 aromatic heterocycles. The first-order valence-electron chi connectivity index (χ1n) is 11.4. The fourth-order valence-corrected chi connectivity index (χ4v) is 4.43. The van der Waals surface area contributed by atoms with Gasteiger partial charge in [0.25, 0.3) is 5.91 Å². The number of rotatable bonds is 4. The predicted octanol–water partition coefficient (Wildman–Crippen LogP) is 4.90. The van der Waals surface area contributed by atoms with Gasteiger partial charge in [0.05, 0.1) is 17.7 Å². The minimum atomic E-state index is -0.537. The lowest BCUT2D eigenvalue weighted by Crippen LogP contribution is -2.39. The van der Waals surface area contributed by atoms with Gasteiger partial charge in [0.1, 0.15) is 17.7 Å².